The Kier molecular flexibility index (Phi) is 6.16. The second-order valence-corrected chi connectivity index (χ2v) is 6.30. The van der Waals surface area contributed by atoms with Gasteiger partial charge in [-0.15, -0.1) is 0 Å². The van der Waals surface area contributed by atoms with Crippen LogP contribution in [0.4, 0.5) is 5.82 Å². The first kappa shape index (κ1) is 20.1. The first-order valence-electron chi connectivity index (χ1n) is 8.46. The van der Waals surface area contributed by atoms with Gasteiger partial charge in [-0.1, -0.05) is 6.08 Å². The third kappa shape index (κ3) is 4.26. The third-order valence-corrected chi connectivity index (χ3v) is 4.23. The van der Waals surface area contributed by atoms with E-state index in [4.69, 9.17) is 14.6 Å². The Morgan fingerprint density at radius 3 is 2.82 bits per heavy atom. The Balaban J connectivity index is 1.53. The Morgan fingerprint density at radius 1 is 1.29 bits per heavy atom. The average Bonchev–Trinajstić information content (AvgIpc) is 3.15. The fourth-order valence-electron chi connectivity index (χ4n) is 2.68. The van der Waals surface area contributed by atoms with Crippen LogP contribution in [-0.2, 0) is 14.3 Å². The SMILES string of the molecule is C/C(=C\CNc1ncnc2nc[nH]c12)CO[C@@H]1O[C@H](C(=O)O)[C@@H](O)[C@H](O)[C@H]1O. The number of carboxylic acid groups (broad SMARTS) is 1. The van der Waals surface area contributed by atoms with Crippen LogP contribution in [0.5, 0.6) is 0 Å². The quantitative estimate of drug-likeness (QED) is 0.304. The molecule has 0 saturated carbocycles. The minimum Gasteiger partial charge on any atom is -0.479 e. The first-order valence-corrected chi connectivity index (χ1v) is 8.46. The van der Waals surface area contributed by atoms with Gasteiger partial charge in [-0.25, -0.2) is 19.7 Å². The Hall–Kier alpha value is -2.64. The van der Waals surface area contributed by atoms with Gasteiger partial charge >= 0.3 is 5.97 Å². The highest BCUT2D eigenvalue weighted by molar-refractivity contribution is 5.81. The van der Waals surface area contributed by atoms with E-state index < -0.39 is 36.7 Å². The number of hydrogen-bond acceptors (Lipinski definition) is 10. The summed E-state index contributed by atoms with van der Waals surface area (Å²) < 4.78 is 10.4. The van der Waals surface area contributed by atoms with Crippen LogP contribution >= 0.6 is 0 Å². The number of H-pyrrole nitrogens is 1. The molecule has 6 N–H and O–H groups in total. The monoisotopic (exact) mass is 395 g/mol. The smallest absolute Gasteiger partial charge is 0.335 e. The van der Waals surface area contributed by atoms with E-state index in [1.165, 1.54) is 12.7 Å². The minimum atomic E-state index is -1.75. The molecule has 1 fully saturated rings. The lowest BCUT2D eigenvalue weighted by Crippen LogP contribution is -2.60. The molecule has 5 atom stereocenters. The highest BCUT2D eigenvalue weighted by atomic mass is 16.7. The maximum absolute atomic E-state index is 11.1. The van der Waals surface area contributed by atoms with Crippen LogP contribution in [0.3, 0.4) is 0 Å². The van der Waals surface area contributed by atoms with Crippen LogP contribution in [0, 0.1) is 0 Å². The van der Waals surface area contributed by atoms with E-state index in [0.717, 1.165) is 5.57 Å². The molecule has 0 spiro atoms. The predicted octanol–water partition coefficient (Wildman–Crippen LogP) is -1.38. The summed E-state index contributed by atoms with van der Waals surface area (Å²) in [6.45, 7) is 2.19. The highest BCUT2D eigenvalue weighted by Crippen LogP contribution is 2.22. The number of carbonyl (C=O) groups is 1. The molecule has 152 valence electrons. The molecule has 1 aliphatic heterocycles. The lowest BCUT2D eigenvalue weighted by Gasteiger charge is -2.38. The molecule has 0 aliphatic carbocycles. The standard InChI is InChI=1S/C16H21N5O7/c1-7(2-3-17-13-8-14(19-5-18-8)21-6-20-13)4-27-16-11(24)9(22)10(23)12(28-16)15(25)26/h2,5-6,9-12,16,22-24H,3-4H2,1H3,(H,25,26)(H2,17,18,19,20,21)/b7-2+/t9-,10-,11+,12-,16+/m0/s1. The maximum Gasteiger partial charge on any atom is 0.335 e. The summed E-state index contributed by atoms with van der Waals surface area (Å²) in [5.74, 6) is -0.876. The Bertz CT molecular complexity index is 857. The van der Waals surface area contributed by atoms with Gasteiger partial charge in [0.05, 0.1) is 12.9 Å². The van der Waals surface area contributed by atoms with Crippen molar-refractivity contribution in [1.29, 1.82) is 0 Å². The van der Waals surface area contributed by atoms with Crippen molar-refractivity contribution in [2.45, 2.75) is 37.6 Å². The van der Waals surface area contributed by atoms with Crippen molar-refractivity contribution in [3.63, 3.8) is 0 Å². The number of aliphatic carboxylic acids is 1. The number of anilines is 1. The van der Waals surface area contributed by atoms with Crippen LogP contribution in [0.25, 0.3) is 11.2 Å². The third-order valence-electron chi connectivity index (χ3n) is 4.23. The molecule has 2 aromatic rings. The number of aromatic nitrogens is 4. The molecule has 3 rings (SSSR count). The van der Waals surface area contributed by atoms with E-state index >= 15 is 0 Å². The molecule has 0 amide bonds. The van der Waals surface area contributed by atoms with Crippen LogP contribution < -0.4 is 5.32 Å². The first-order chi connectivity index (χ1) is 13.4. The number of nitrogens with zero attached hydrogens (tertiary/aromatic N) is 3. The molecule has 0 aromatic carbocycles. The molecular weight excluding hydrogens is 374 g/mol. The van der Waals surface area contributed by atoms with Gasteiger partial charge in [-0.05, 0) is 12.5 Å². The van der Waals surface area contributed by atoms with Crippen LogP contribution in [0.1, 0.15) is 6.92 Å². The molecule has 0 bridgehead atoms. The Labute approximate surface area is 158 Å². The Morgan fingerprint density at radius 2 is 2.07 bits per heavy atom. The number of carboxylic acids is 1. The fourth-order valence-corrected chi connectivity index (χ4v) is 2.68. The van der Waals surface area contributed by atoms with Gasteiger partial charge in [-0.3, -0.25) is 0 Å². The zero-order chi connectivity index (χ0) is 20.3. The van der Waals surface area contributed by atoms with Gasteiger partial charge in [0.25, 0.3) is 0 Å². The molecule has 0 unspecified atom stereocenters. The van der Waals surface area contributed by atoms with Crippen molar-refractivity contribution in [2.75, 3.05) is 18.5 Å². The molecular formula is C16H21N5O7. The molecule has 2 aromatic heterocycles. The summed E-state index contributed by atoms with van der Waals surface area (Å²) in [6, 6.07) is 0. The molecule has 28 heavy (non-hydrogen) atoms. The van der Waals surface area contributed by atoms with E-state index in [1.54, 1.807) is 13.0 Å². The van der Waals surface area contributed by atoms with Crippen molar-refractivity contribution in [3.05, 3.63) is 24.3 Å². The van der Waals surface area contributed by atoms with Gasteiger partial charge < -0.3 is 40.2 Å². The van der Waals surface area contributed by atoms with E-state index in [0.29, 0.717) is 23.5 Å². The molecule has 1 aliphatic rings. The average molecular weight is 395 g/mol. The zero-order valence-electron chi connectivity index (χ0n) is 14.9. The molecule has 12 heteroatoms. The van der Waals surface area contributed by atoms with E-state index in [1.807, 2.05) is 0 Å². The highest BCUT2D eigenvalue weighted by Gasteiger charge is 2.47. The van der Waals surface area contributed by atoms with Crippen LogP contribution in [-0.4, -0.2) is 90.2 Å². The van der Waals surface area contributed by atoms with Crippen molar-refractivity contribution in [1.82, 2.24) is 19.9 Å². The van der Waals surface area contributed by atoms with Crippen molar-refractivity contribution < 1.29 is 34.7 Å². The lowest BCUT2D eigenvalue weighted by atomic mass is 9.99. The van der Waals surface area contributed by atoms with E-state index in [2.05, 4.69) is 25.3 Å². The number of aliphatic hydroxyl groups is 3. The van der Waals surface area contributed by atoms with Crippen molar-refractivity contribution in [3.8, 4) is 0 Å². The van der Waals surface area contributed by atoms with Gasteiger partial charge in [-0.2, -0.15) is 0 Å². The van der Waals surface area contributed by atoms with Gasteiger partial charge in [0.15, 0.2) is 23.9 Å². The number of nitrogens with one attached hydrogen (secondary N) is 2. The summed E-state index contributed by atoms with van der Waals surface area (Å²) in [7, 11) is 0. The van der Waals surface area contributed by atoms with Gasteiger partial charge in [0.1, 0.15) is 30.2 Å². The number of aliphatic hydroxyl groups excluding tert-OH is 3. The van der Waals surface area contributed by atoms with Crippen LogP contribution in [0.15, 0.2) is 24.3 Å². The summed E-state index contributed by atoms with van der Waals surface area (Å²) >= 11 is 0. The summed E-state index contributed by atoms with van der Waals surface area (Å²) in [5, 5.41) is 41.5. The second-order valence-electron chi connectivity index (χ2n) is 6.30. The lowest BCUT2D eigenvalue weighted by molar-refractivity contribution is -0.292. The maximum atomic E-state index is 11.1. The number of imidazole rings is 1. The van der Waals surface area contributed by atoms with E-state index in [-0.39, 0.29) is 6.61 Å². The van der Waals surface area contributed by atoms with Crippen molar-refractivity contribution in [2.24, 2.45) is 0 Å². The number of fused-ring (bicyclic) bond motifs is 1. The minimum absolute atomic E-state index is 0.0157. The predicted molar refractivity (Wildman–Crippen MR) is 94.2 cm³/mol. The fraction of sp³-hybridized carbons (Fsp3) is 0.500. The topological polar surface area (TPSA) is 183 Å². The second kappa shape index (κ2) is 8.58. The van der Waals surface area contributed by atoms with Gasteiger partial charge in [0.2, 0.25) is 0 Å². The molecule has 1 saturated heterocycles. The summed E-state index contributed by atoms with van der Waals surface area (Å²) in [5.41, 5.74) is 1.97. The number of aromatic amines is 1. The van der Waals surface area contributed by atoms with Gasteiger partial charge in [0, 0.05) is 6.54 Å². The van der Waals surface area contributed by atoms with Crippen LogP contribution in [0.2, 0.25) is 0 Å². The zero-order valence-corrected chi connectivity index (χ0v) is 14.9. The molecule has 3 heterocycles. The normalized spacial score (nSPS) is 28.4. The molecule has 12 nitrogen and oxygen atoms in total. The van der Waals surface area contributed by atoms with E-state index in [9.17, 15) is 20.1 Å². The number of hydrogen-bond donors (Lipinski definition) is 6. The largest absolute Gasteiger partial charge is 0.479 e. The summed E-state index contributed by atoms with van der Waals surface area (Å²) in [6.07, 6.45) is -3.38. The molecule has 0 radical (unpaired) electrons. The number of ether oxygens (including phenoxy) is 2. The van der Waals surface area contributed by atoms with Crippen molar-refractivity contribution >= 4 is 23.0 Å². The number of rotatable bonds is 7. The summed E-state index contributed by atoms with van der Waals surface area (Å²) in [4.78, 5) is 26.2.